The number of nitrogens with zero attached hydrogens (tertiary/aromatic N) is 1. The Morgan fingerprint density at radius 2 is 2.43 bits per heavy atom. The van der Waals surface area contributed by atoms with Crippen LogP contribution in [0.4, 0.5) is 0 Å². The quantitative estimate of drug-likeness (QED) is 0.684. The van der Waals surface area contributed by atoms with Crippen LogP contribution in [-0.4, -0.2) is 36.0 Å². The second-order valence-electron chi connectivity index (χ2n) is 4.02. The predicted molar refractivity (Wildman–Crippen MR) is 58.1 cm³/mol. The highest BCUT2D eigenvalue weighted by atomic mass is 16.2. The molecule has 1 rings (SSSR count). The number of rotatable bonds is 4. The highest BCUT2D eigenvalue weighted by Gasteiger charge is 2.27. The zero-order valence-electron chi connectivity index (χ0n) is 9.12. The molecular formula is C11H20N2O. The summed E-state index contributed by atoms with van der Waals surface area (Å²) in [6, 6.07) is 0.292. The topological polar surface area (TPSA) is 32.3 Å². The Hall–Kier alpha value is -0.830. The first-order valence-corrected chi connectivity index (χ1v) is 5.31. The van der Waals surface area contributed by atoms with Gasteiger partial charge in [0.05, 0.1) is 6.04 Å². The van der Waals surface area contributed by atoms with Crippen molar-refractivity contribution in [3.05, 3.63) is 12.7 Å². The minimum atomic E-state index is 0.0392. The summed E-state index contributed by atoms with van der Waals surface area (Å²) >= 11 is 0. The Kier molecular flexibility index (Phi) is 4.14. The molecule has 1 aliphatic rings. The molecule has 0 aromatic heterocycles. The van der Waals surface area contributed by atoms with Crippen molar-refractivity contribution in [1.82, 2.24) is 10.2 Å². The zero-order chi connectivity index (χ0) is 10.6. The lowest BCUT2D eigenvalue weighted by molar-refractivity contribution is -0.134. The van der Waals surface area contributed by atoms with Gasteiger partial charge in [-0.3, -0.25) is 4.79 Å². The Labute approximate surface area is 86.2 Å². The summed E-state index contributed by atoms with van der Waals surface area (Å²) in [6.07, 6.45) is 3.86. The van der Waals surface area contributed by atoms with Crippen LogP contribution in [0.1, 0.15) is 26.7 Å². The third kappa shape index (κ3) is 2.58. The van der Waals surface area contributed by atoms with Gasteiger partial charge in [0.15, 0.2) is 0 Å². The van der Waals surface area contributed by atoms with E-state index >= 15 is 0 Å². The zero-order valence-corrected chi connectivity index (χ0v) is 9.12. The molecule has 0 saturated carbocycles. The van der Waals surface area contributed by atoms with Gasteiger partial charge in [-0.1, -0.05) is 6.08 Å². The van der Waals surface area contributed by atoms with Crippen molar-refractivity contribution < 1.29 is 4.79 Å². The van der Waals surface area contributed by atoms with E-state index < -0.39 is 0 Å². The minimum absolute atomic E-state index is 0.0392. The number of carbonyl (C=O) groups is 1. The number of carbonyl (C=O) groups excluding carboxylic acids is 1. The summed E-state index contributed by atoms with van der Waals surface area (Å²) in [7, 11) is 0. The summed E-state index contributed by atoms with van der Waals surface area (Å²) < 4.78 is 0. The molecule has 1 N–H and O–H groups in total. The molecule has 1 amide bonds. The van der Waals surface area contributed by atoms with E-state index in [2.05, 4.69) is 11.9 Å². The Balaban J connectivity index is 2.57. The molecule has 1 heterocycles. The average Bonchev–Trinajstić information content (AvgIpc) is 2.65. The molecule has 1 fully saturated rings. The molecular weight excluding hydrogens is 176 g/mol. The average molecular weight is 196 g/mol. The van der Waals surface area contributed by atoms with Crippen molar-refractivity contribution in [2.75, 3.05) is 13.1 Å². The van der Waals surface area contributed by atoms with Gasteiger partial charge in [0, 0.05) is 12.6 Å². The third-order valence-corrected chi connectivity index (χ3v) is 2.59. The van der Waals surface area contributed by atoms with Crippen LogP contribution in [0.5, 0.6) is 0 Å². The third-order valence-electron chi connectivity index (χ3n) is 2.59. The first-order chi connectivity index (χ1) is 6.66. The molecule has 3 nitrogen and oxygen atoms in total. The smallest absolute Gasteiger partial charge is 0.240 e. The van der Waals surface area contributed by atoms with Gasteiger partial charge in [-0.25, -0.2) is 0 Å². The van der Waals surface area contributed by atoms with E-state index in [0.29, 0.717) is 6.54 Å². The number of hydrogen-bond acceptors (Lipinski definition) is 2. The lowest BCUT2D eigenvalue weighted by Crippen LogP contribution is -2.46. The Morgan fingerprint density at radius 3 is 2.86 bits per heavy atom. The fourth-order valence-corrected chi connectivity index (χ4v) is 1.79. The number of nitrogens with one attached hydrogen (secondary N) is 1. The lowest BCUT2D eigenvalue weighted by atomic mass is 10.1. The summed E-state index contributed by atoms with van der Waals surface area (Å²) in [4.78, 5) is 13.9. The van der Waals surface area contributed by atoms with Crippen molar-refractivity contribution >= 4 is 5.91 Å². The largest absolute Gasteiger partial charge is 0.335 e. The number of amides is 1. The fraction of sp³-hybridized carbons (Fsp3) is 0.727. The van der Waals surface area contributed by atoms with Gasteiger partial charge in [0.2, 0.25) is 5.91 Å². The summed E-state index contributed by atoms with van der Waals surface area (Å²) in [5.41, 5.74) is 0. The van der Waals surface area contributed by atoms with Gasteiger partial charge in [0.1, 0.15) is 0 Å². The first-order valence-electron chi connectivity index (χ1n) is 5.31. The van der Waals surface area contributed by atoms with Crippen molar-refractivity contribution in [2.45, 2.75) is 38.8 Å². The van der Waals surface area contributed by atoms with E-state index in [1.165, 1.54) is 0 Å². The molecule has 3 heteroatoms. The second kappa shape index (κ2) is 5.15. The molecule has 0 aromatic carbocycles. The minimum Gasteiger partial charge on any atom is -0.335 e. The van der Waals surface area contributed by atoms with E-state index in [4.69, 9.17) is 0 Å². The Morgan fingerprint density at radius 1 is 1.71 bits per heavy atom. The molecule has 0 radical (unpaired) electrons. The fourth-order valence-electron chi connectivity index (χ4n) is 1.79. The van der Waals surface area contributed by atoms with Gasteiger partial charge in [0.25, 0.3) is 0 Å². The highest BCUT2D eigenvalue weighted by molar-refractivity contribution is 5.82. The van der Waals surface area contributed by atoms with E-state index in [9.17, 15) is 4.79 Å². The predicted octanol–water partition coefficient (Wildman–Crippen LogP) is 1.16. The number of hydrogen-bond donors (Lipinski definition) is 1. The van der Waals surface area contributed by atoms with Crippen molar-refractivity contribution in [3.8, 4) is 0 Å². The van der Waals surface area contributed by atoms with Crippen LogP contribution < -0.4 is 5.32 Å². The molecule has 1 saturated heterocycles. The van der Waals surface area contributed by atoms with E-state index in [1.54, 1.807) is 6.08 Å². The Bertz CT molecular complexity index is 207. The molecule has 0 aromatic rings. The van der Waals surface area contributed by atoms with Gasteiger partial charge < -0.3 is 10.2 Å². The molecule has 80 valence electrons. The van der Waals surface area contributed by atoms with Crippen molar-refractivity contribution in [1.29, 1.82) is 0 Å². The summed E-state index contributed by atoms with van der Waals surface area (Å²) in [6.45, 7) is 9.37. The van der Waals surface area contributed by atoms with Gasteiger partial charge in [-0.05, 0) is 33.2 Å². The molecule has 0 spiro atoms. The van der Waals surface area contributed by atoms with Crippen LogP contribution in [0.15, 0.2) is 12.7 Å². The maximum Gasteiger partial charge on any atom is 0.240 e. The standard InChI is InChI=1S/C11H20N2O/c1-4-8-13(9(2)3)11(14)10-6-5-7-12-10/h4,9-10,12H,1,5-8H2,2-3H3/t10-/m0/s1. The van der Waals surface area contributed by atoms with Crippen LogP contribution in [-0.2, 0) is 4.79 Å². The molecule has 0 bridgehead atoms. The monoisotopic (exact) mass is 196 g/mol. The van der Waals surface area contributed by atoms with Crippen LogP contribution in [0.25, 0.3) is 0 Å². The summed E-state index contributed by atoms with van der Waals surface area (Å²) in [5.74, 6) is 0.220. The maximum absolute atomic E-state index is 12.0. The van der Waals surface area contributed by atoms with Crippen LogP contribution in [0, 0.1) is 0 Å². The van der Waals surface area contributed by atoms with Crippen LogP contribution >= 0.6 is 0 Å². The van der Waals surface area contributed by atoms with Gasteiger partial charge in [-0.2, -0.15) is 0 Å². The van der Waals surface area contributed by atoms with Gasteiger partial charge in [-0.15, -0.1) is 6.58 Å². The van der Waals surface area contributed by atoms with Gasteiger partial charge >= 0.3 is 0 Å². The van der Waals surface area contributed by atoms with Crippen LogP contribution in [0.2, 0.25) is 0 Å². The highest BCUT2D eigenvalue weighted by Crippen LogP contribution is 2.10. The first kappa shape index (κ1) is 11.2. The van der Waals surface area contributed by atoms with Crippen molar-refractivity contribution in [3.63, 3.8) is 0 Å². The normalized spacial score (nSPS) is 21.2. The molecule has 14 heavy (non-hydrogen) atoms. The molecule has 0 unspecified atom stereocenters. The van der Waals surface area contributed by atoms with Crippen LogP contribution in [0.3, 0.4) is 0 Å². The molecule has 0 aliphatic carbocycles. The summed E-state index contributed by atoms with van der Waals surface area (Å²) in [5, 5.41) is 3.22. The second-order valence-corrected chi connectivity index (χ2v) is 4.02. The van der Waals surface area contributed by atoms with E-state index in [-0.39, 0.29) is 18.0 Å². The molecule has 1 atom stereocenters. The van der Waals surface area contributed by atoms with E-state index in [0.717, 1.165) is 19.4 Å². The molecule has 1 aliphatic heterocycles. The maximum atomic E-state index is 12.0. The SMILES string of the molecule is C=CCN(C(=O)[C@@H]1CCCN1)C(C)C. The van der Waals surface area contributed by atoms with E-state index in [1.807, 2.05) is 18.7 Å². The van der Waals surface area contributed by atoms with Crippen molar-refractivity contribution in [2.24, 2.45) is 0 Å². The lowest BCUT2D eigenvalue weighted by Gasteiger charge is -2.28.